The summed E-state index contributed by atoms with van der Waals surface area (Å²) < 4.78 is 1.79. The summed E-state index contributed by atoms with van der Waals surface area (Å²) in [5.41, 5.74) is 2.83. The van der Waals surface area contributed by atoms with Crippen molar-refractivity contribution in [2.45, 2.75) is 26.9 Å². The van der Waals surface area contributed by atoms with Gasteiger partial charge in [-0.05, 0) is 38.5 Å². The van der Waals surface area contributed by atoms with E-state index in [-0.39, 0.29) is 0 Å². The van der Waals surface area contributed by atoms with Crippen molar-refractivity contribution in [2.24, 2.45) is 0 Å². The van der Waals surface area contributed by atoms with E-state index in [1.165, 1.54) is 0 Å². The Kier molecular flexibility index (Phi) is 2.75. The van der Waals surface area contributed by atoms with Crippen molar-refractivity contribution < 1.29 is 5.11 Å². The van der Waals surface area contributed by atoms with Crippen LogP contribution in [-0.2, 0) is 0 Å². The summed E-state index contributed by atoms with van der Waals surface area (Å²) in [4.78, 5) is 4.28. The Balaban J connectivity index is 2.38. The fraction of sp³-hybridized carbons (Fsp3) is 0.333. The van der Waals surface area contributed by atoms with E-state index in [0.717, 1.165) is 22.8 Å². The van der Waals surface area contributed by atoms with Gasteiger partial charge in [0.15, 0.2) is 5.82 Å². The van der Waals surface area contributed by atoms with E-state index < -0.39 is 6.10 Å². The standard InChI is InChI=1S/C12H15N3O/c1-8-6-9(2)15(14-8)12-5-4-11(7-13-12)10(3)16/h4-7,10,16H,1-3H3/t10-/m1/s1. The second-order valence-electron chi connectivity index (χ2n) is 3.96. The molecule has 0 bridgehead atoms. The van der Waals surface area contributed by atoms with Crippen molar-refractivity contribution in [3.63, 3.8) is 0 Å². The molecule has 4 nitrogen and oxygen atoms in total. The topological polar surface area (TPSA) is 50.9 Å². The van der Waals surface area contributed by atoms with Gasteiger partial charge in [-0.25, -0.2) is 9.67 Å². The van der Waals surface area contributed by atoms with Crippen LogP contribution in [0.15, 0.2) is 24.4 Å². The number of pyridine rings is 1. The molecule has 0 aromatic carbocycles. The number of aliphatic hydroxyl groups excluding tert-OH is 1. The van der Waals surface area contributed by atoms with Gasteiger partial charge in [0.2, 0.25) is 0 Å². The van der Waals surface area contributed by atoms with Gasteiger partial charge in [0.05, 0.1) is 11.8 Å². The molecule has 0 unspecified atom stereocenters. The quantitative estimate of drug-likeness (QED) is 0.836. The first-order valence-electron chi connectivity index (χ1n) is 5.25. The lowest BCUT2D eigenvalue weighted by Crippen LogP contribution is -2.02. The Hall–Kier alpha value is -1.68. The van der Waals surface area contributed by atoms with Gasteiger partial charge in [0.1, 0.15) is 0 Å². The van der Waals surface area contributed by atoms with Crippen LogP contribution in [0.1, 0.15) is 30.0 Å². The molecule has 4 heteroatoms. The van der Waals surface area contributed by atoms with Gasteiger partial charge in [0, 0.05) is 11.9 Å². The Morgan fingerprint density at radius 3 is 2.50 bits per heavy atom. The first-order chi connectivity index (χ1) is 7.58. The molecule has 1 N–H and O–H groups in total. The number of hydrogen-bond acceptors (Lipinski definition) is 3. The SMILES string of the molecule is Cc1cc(C)n(-c2ccc([C@@H](C)O)cn2)n1. The largest absolute Gasteiger partial charge is 0.389 e. The molecule has 2 aromatic rings. The molecule has 2 aromatic heterocycles. The van der Waals surface area contributed by atoms with Gasteiger partial charge in [0.25, 0.3) is 0 Å². The predicted octanol–water partition coefficient (Wildman–Crippen LogP) is 1.94. The number of aliphatic hydroxyl groups is 1. The summed E-state index contributed by atoms with van der Waals surface area (Å²) in [5, 5.41) is 13.7. The van der Waals surface area contributed by atoms with Crippen LogP contribution >= 0.6 is 0 Å². The van der Waals surface area contributed by atoms with Crippen molar-refractivity contribution in [3.8, 4) is 5.82 Å². The highest BCUT2D eigenvalue weighted by molar-refractivity contribution is 5.28. The fourth-order valence-electron chi connectivity index (χ4n) is 1.63. The zero-order valence-electron chi connectivity index (χ0n) is 9.68. The summed E-state index contributed by atoms with van der Waals surface area (Å²) in [7, 11) is 0. The molecule has 2 heterocycles. The van der Waals surface area contributed by atoms with Gasteiger partial charge in [-0.1, -0.05) is 6.07 Å². The Morgan fingerprint density at radius 1 is 1.31 bits per heavy atom. The molecule has 0 saturated carbocycles. The number of nitrogens with zero attached hydrogens (tertiary/aromatic N) is 3. The molecule has 0 spiro atoms. The number of aryl methyl sites for hydroxylation is 2. The molecule has 0 aliphatic rings. The summed E-state index contributed by atoms with van der Waals surface area (Å²) in [6.07, 6.45) is 1.19. The van der Waals surface area contributed by atoms with E-state index in [9.17, 15) is 5.11 Å². The van der Waals surface area contributed by atoms with E-state index in [1.54, 1.807) is 17.8 Å². The maximum Gasteiger partial charge on any atom is 0.153 e. The average molecular weight is 217 g/mol. The molecular weight excluding hydrogens is 202 g/mol. The van der Waals surface area contributed by atoms with Gasteiger partial charge in [-0.15, -0.1) is 0 Å². The highest BCUT2D eigenvalue weighted by atomic mass is 16.3. The van der Waals surface area contributed by atoms with Crippen LogP contribution in [0.25, 0.3) is 5.82 Å². The normalized spacial score (nSPS) is 12.8. The molecule has 0 radical (unpaired) electrons. The Labute approximate surface area is 94.6 Å². The predicted molar refractivity (Wildman–Crippen MR) is 61.5 cm³/mol. The van der Waals surface area contributed by atoms with Crippen LogP contribution < -0.4 is 0 Å². The maximum absolute atomic E-state index is 9.38. The second kappa shape index (κ2) is 4.06. The molecule has 16 heavy (non-hydrogen) atoms. The van der Waals surface area contributed by atoms with Gasteiger partial charge < -0.3 is 5.11 Å². The van der Waals surface area contributed by atoms with E-state index in [0.29, 0.717) is 0 Å². The second-order valence-corrected chi connectivity index (χ2v) is 3.96. The summed E-state index contributed by atoms with van der Waals surface area (Å²) in [5.74, 6) is 0.773. The van der Waals surface area contributed by atoms with E-state index in [4.69, 9.17) is 0 Å². The fourth-order valence-corrected chi connectivity index (χ4v) is 1.63. The van der Waals surface area contributed by atoms with Crippen LogP contribution in [0, 0.1) is 13.8 Å². The summed E-state index contributed by atoms with van der Waals surface area (Å²) in [6, 6.07) is 5.73. The molecule has 0 fully saturated rings. The Bertz CT molecular complexity index is 485. The zero-order valence-corrected chi connectivity index (χ0v) is 9.68. The third-order valence-electron chi connectivity index (χ3n) is 2.48. The third kappa shape index (κ3) is 1.97. The smallest absolute Gasteiger partial charge is 0.153 e. The minimum Gasteiger partial charge on any atom is -0.389 e. The van der Waals surface area contributed by atoms with Crippen molar-refractivity contribution >= 4 is 0 Å². The molecule has 0 aliphatic carbocycles. The van der Waals surface area contributed by atoms with Crippen LogP contribution in [0.5, 0.6) is 0 Å². The molecule has 1 atom stereocenters. The minimum atomic E-state index is -0.484. The van der Waals surface area contributed by atoms with Crippen molar-refractivity contribution in [1.82, 2.24) is 14.8 Å². The molecular formula is C12H15N3O. The summed E-state index contributed by atoms with van der Waals surface area (Å²) in [6.45, 7) is 5.66. The monoisotopic (exact) mass is 217 g/mol. The van der Waals surface area contributed by atoms with E-state index >= 15 is 0 Å². The number of aromatic nitrogens is 3. The Morgan fingerprint density at radius 2 is 2.06 bits per heavy atom. The maximum atomic E-state index is 9.38. The number of rotatable bonds is 2. The average Bonchev–Trinajstić information content (AvgIpc) is 2.58. The van der Waals surface area contributed by atoms with E-state index in [2.05, 4.69) is 10.1 Å². The lowest BCUT2D eigenvalue weighted by molar-refractivity contribution is 0.199. The van der Waals surface area contributed by atoms with Crippen LogP contribution in [0.3, 0.4) is 0 Å². The van der Waals surface area contributed by atoms with Crippen molar-refractivity contribution in [1.29, 1.82) is 0 Å². The molecule has 2 rings (SSSR count). The lowest BCUT2D eigenvalue weighted by atomic mass is 10.2. The van der Waals surface area contributed by atoms with Crippen LogP contribution in [0.2, 0.25) is 0 Å². The lowest BCUT2D eigenvalue weighted by Gasteiger charge is -2.06. The first kappa shape index (κ1) is 10.8. The van der Waals surface area contributed by atoms with Gasteiger partial charge >= 0.3 is 0 Å². The first-order valence-corrected chi connectivity index (χ1v) is 5.25. The van der Waals surface area contributed by atoms with Gasteiger partial charge in [-0.3, -0.25) is 0 Å². The highest BCUT2D eigenvalue weighted by Crippen LogP contribution is 2.14. The van der Waals surface area contributed by atoms with E-state index in [1.807, 2.05) is 32.0 Å². The minimum absolute atomic E-state index is 0.484. The number of hydrogen-bond donors (Lipinski definition) is 1. The summed E-state index contributed by atoms with van der Waals surface area (Å²) >= 11 is 0. The molecule has 0 amide bonds. The molecule has 0 aliphatic heterocycles. The highest BCUT2D eigenvalue weighted by Gasteiger charge is 2.06. The zero-order chi connectivity index (χ0) is 11.7. The van der Waals surface area contributed by atoms with Crippen LogP contribution in [0.4, 0.5) is 0 Å². The van der Waals surface area contributed by atoms with Crippen LogP contribution in [-0.4, -0.2) is 19.9 Å². The third-order valence-corrected chi connectivity index (χ3v) is 2.48. The van der Waals surface area contributed by atoms with Crippen molar-refractivity contribution in [2.75, 3.05) is 0 Å². The molecule has 84 valence electrons. The molecule has 0 saturated heterocycles. The van der Waals surface area contributed by atoms with Crippen molar-refractivity contribution in [3.05, 3.63) is 41.3 Å². The van der Waals surface area contributed by atoms with Gasteiger partial charge in [-0.2, -0.15) is 5.10 Å².